The number of nitrogens with one attached hydrogen (secondary N) is 5. The standard InChI is InChI=1S/C53H63F5N12O7S/c1-29(60-6)49(72)65-47(53(3,4)5)51(74)70-28-35(24-40(70)50(73)64-45-37(55)13-12-14-38(45)56)63-42(71)15-10-8-9-11-22-69-27-33(25-62-69)36-26-61-48(59)43-44(66-68(7)46(36)43)32-18-21-39(67-78(75,76)52(57)58)41(23-32)77-30(2)31-16-19-34(54)20-17-31/h12-14,16-21,23,25-27,29-30,35,40,47,52,60,67H,8-11,15,22,24,28H2,1-7H3,(H2,59,61)(H,63,71)(H,64,73)(H,65,72)/t29-,30-,35?,40-,47+/m0/s1. The number of nitrogens with two attached hydrogens (primary N) is 1. The molecule has 6 aromatic rings. The summed E-state index contributed by atoms with van der Waals surface area (Å²) in [4.78, 5) is 60.0. The van der Waals surface area contributed by atoms with Gasteiger partial charge in [0.05, 0.1) is 28.8 Å². The number of halogens is 5. The number of unbranched alkanes of at least 4 members (excludes halogenated alkanes) is 3. The van der Waals surface area contributed by atoms with Gasteiger partial charge < -0.3 is 36.6 Å². The molecule has 0 spiro atoms. The number of pyridine rings is 1. The highest BCUT2D eigenvalue weighted by molar-refractivity contribution is 7.93. The van der Waals surface area contributed by atoms with Crippen molar-refractivity contribution in [1.82, 2.24) is 45.4 Å². The van der Waals surface area contributed by atoms with E-state index >= 15 is 0 Å². The van der Waals surface area contributed by atoms with Crippen LogP contribution in [0.25, 0.3) is 33.3 Å². The van der Waals surface area contributed by atoms with Crippen molar-refractivity contribution in [2.75, 3.05) is 29.4 Å². The quantitative estimate of drug-likeness (QED) is 0.0287. The van der Waals surface area contributed by atoms with Gasteiger partial charge in [0.2, 0.25) is 23.6 Å². The number of para-hydroxylation sites is 1. The lowest BCUT2D eigenvalue weighted by molar-refractivity contribution is -0.143. The molecule has 418 valence electrons. The van der Waals surface area contributed by atoms with E-state index in [1.165, 1.54) is 47.4 Å². The minimum atomic E-state index is -5.10. The Balaban J connectivity index is 0.978. The lowest BCUT2D eigenvalue weighted by atomic mass is 9.85. The van der Waals surface area contributed by atoms with Gasteiger partial charge in [0, 0.05) is 61.7 Å². The molecule has 4 heterocycles. The Morgan fingerprint density at radius 2 is 1.62 bits per heavy atom. The normalized spacial score (nSPS) is 16.0. The van der Waals surface area contributed by atoms with Crippen molar-refractivity contribution in [3.8, 4) is 28.1 Å². The van der Waals surface area contributed by atoms with Crippen LogP contribution in [-0.4, -0.2) is 105 Å². The number of anilines is 3. The molecule has 1 unspecified atom stereocenters. The van der Waals surface area contributed by atoms with E-state index in [2.05, 4.69) is 31.3 Å². The first-order chi connectivity index (χ1) is 36.9. The number of likely N-dealkylation sites (tertiary alicyclic amines) is 1. The highest BCUT2D eigenvalue weighted by Crippen LogP contribution is 2.41. The summed E-state index contributed by atoms with van der Waals surface area (Å²) < 4.78 is 106. The summed E-state index contributed by atoms with van der Waals surface area (Å²) >= 11 is 0. The highest BCUT2D eigenvalue weighted by Gasteiger charge is 2.46. The van der Waals surface area contributed by atoms with Gasteiger partial charge in [-0.15, -0.1) is 0 Å². The van der Waals surface area contributed by atoms with E-state index in [0.29, 0.717) is 64.7 Å². The Hall–Kier alpha value is -7.67. The van der Waals surface area contributed by atoms with Crippen LogP contribution in [0.2, 0.25) is 0 Å². The van der Waals surface area contributed by atoms with Crippen LogP contribution in [0, 0.1) is 22.9 Å². The molecule has 1 saturated heterocycles. The maximum Gasteiger partial charge on any atom is 0.355 e. The Morgan fingerprint density at radius 1 is 0.923 bits per heavy atom. The molecule has 0 saturated carbocycles. The van der Waals surface area contributed by atoms with Gasteiger partial charge in [-0.2, -0.15) is 19.0 Å². The first kappa shape index (κ1) is 58.0. The van der Waals surface area contributed by atoms with Crippen molar-refractivity contribution >= 4 is 61.7 Å². The number of amides is 4. The molecule has 7 rings (SSSR count). The number of hydrogen-bond acceptors (Lipinski definition) is 12. The van der Waals surface area contributed by atoms with Crippen LogP contribution in [0.15, 0.2) is 79.3 Å². The summed E-state index contributed by atoms with van der Waals surface area (Å²) in [6.07, 6.45) is 7.09. The molecule has 0 aliphatic carbocycles. The summed E-state index contributed by atoms with van der Waals surface area (Å²) in [5.41, 5.74) is 7.90. The number of aromatic nitrogens is 5. The number of aryl methyl sites for hydroxylation is 2. The lowest BCUT2D eigenvalue weighted by Gasteiger charge is -2.36. The first-order valence-corrected chi connectivity index (χ1v) is 26.7. The van der Waals surface area contributed by atoms with E-state index in [0.717, 1.165) is 24.6 Å². The smallest absolute Gasteiger partial charge is 0.355 e. The van der Waals surface area contributed by atoms with E-state index in [1.807, 2.05) is 10.9 Å². The van der Waals surface area contributed by atoms with Crippen molar-refractivity contribution in [2.24, 2.45) is 12.5 Å². The highest BCUT2D eigenvalue weighted by atomic mass is 32.2. The van der Waals surface area contributed by atoms with E-state index in [9.17, 15) is 49.5 Å². The Bertz CT molecular complexity index is 3260. The molecule has 7 N–H and O–H groups in total. The fourth-order valence-corrected chi connectivity index (χ4v) is 9.66. The van der Waals surface area contributed by atoms with Gasteiger partial charge in [0.25, 0.3) is 10.0 Å². The second-order valence-electron chi connectivity index (χ2n) is 20.2. The van der Waals surface area contributed by atoms with Gasteiger partial charge in [-0.05, 0) is 87.5 Å². The minimum Gasteiger partial charge on any atom is -0.484 e. The van der Waals surface area contributed by atoms with Crippen LogP contribution in [-0.2, 0) is 42.8 Å². The van der Waals surface area contributed by atoms with Gasteiger partial charge >= 0.3 is 5.76 Å². The monoisotopic (exact) mass is 1110 g/mol. The molecule has 3 aromatic heterocycles. The number of carbonyl (C=O) groups is 4. The van der Waals surface area contributed by atoms with Crippen LogP contribution in [0.4, 0.5) is 39.1 Å². The molecule has 4 amide bonds. The predicted molar refractivity (Wildman–Crippen MR) is 284 cm³/mol. The number of ether oxygens (including phenoxy) is 1. The number of fused-ring (bicyclic) bond motifs is 1. The Kier molecular flexibility index (Phi) is 18.1. The number of carbonyl (C=O) groups excluding carboxylic acids is 4. The van der Waals surface area contributed by atoms with E-state index in [-0.39, 0.29) is 42.5 Å². The third kappa shape index (κ3) is 13.5. The molecule has 3 aromatic carbocycles. The topological polar surface area (TPSA) is 250 Å². The lowest BCUT2D eigenvalue weighted by Crippen LogP contribution is -2.59. The molecule has 0 radical (unpaired) electrons. The Morgan fingerprint density at radius 3 is 2.28 bits per heavy atom. The predicted octanol–water partition coefficient (Wildman–Crippen LogP) is 7.42. The van der Waals surface area contributed by atoms with E-state index in [1.54, 1.807) is 70.5 Å². The number of likely N-dealkylation sites (N-methyl/N-ethyl adjacent to an activating group) is 1. The third-order valence-corrected chi connectivity index (χ3v) is 14.4. The zero-order valence-electron chi connectivity index (χ0n) is 44.0. The second-order valence-corrected chi connectivity index (χ2v) is 21.9. The summed E-state index contributed by atoms with van der Waals surface area (Å²) in [5.74, 6) is -8.41. The summed E-state index contributed by atoms with van der Waals surface area (Å²) in [5, 5.41) is 20.6. The molecule has 1 fully saturated rings. The summed E-state index contributed by atoms with van der Waals surface area (Å²) in [6, 6.07) is 9.08. The van der Waals surface area contributed by atoms with E-state index in [4.69, 9.17) is 15.6 Å². The molecule has 1 aliphatic heterocycles. The van der Waals surface area contributed by atoms with Gasteiger partial charge in [-0.1, -0.05) is 57.9 Å². The second kappa shape index (κ2) is 24.3. The molecule has 5 atom stereocenters. The fraction of sp³-hybridized carbons (Fsp3) is 0.415. The maximum atomic E-state index is 14.6. The van der Waals surface area contributed by atoms with Crippen molar-refractivity contribution in [2.45, 2.75) is 116 Å². The van der Waals surface area contributed by atoms with Gasteiger partial charge in [-0.3, -0.25) is 33.3 Å². The van der Waals surface area contributed by atoms with Crippen LogP contribution < -0.4 is 36.5 Å². The number of nitrogen functional groups attached to an aromatic ring is 1. The zero-order chi connectivity index (χ0) is 56.8. The number of rotatable bonds is 22. The number of alkyl halides is 2. The Labute approximate surface area is 447 Å². The SMILES string of the molecule is CN[C@@H](C)C(=O)N[C@H](C(=O)N1CC(NC(=O)CCCCCCn2cc(-c3cnc(N)c4c(-c5ccc(NS(=O)(=O)C(F)F)c(O[C@@H](C)c6ccc(F)cc6)c5)nn(C)c34)cn2)C[C@H]1C(=O)Nc1c(F)cccc1F)C(C)(C)C. The number of benzene rings is 3. The van der Waals surface area contributed by atoms with Crippen molar-refractivity contribution < 1.29 is 54.3 Å². The molecular formula is C53H63F5N12O7S. The summed E-state index contributed by atoms with van der Waals surface area (Å²) in [7, 11) is -1.80. The molecule has 19 nitrogen and oxygen atoms in total. The number of nitrogens with zero attached hydrogens (tertiary/aromatic N) is 6. The third-order valence-electron chi connectivity index (χ3n) is 13.5. The fourth-order valence-electron chi connectivity index (χ4n) is 9.10. The molecular weight excluding hydrogens is 1040 g/mol. The van der Waals surface area contributed by atoms with Crippen molar-refractivity contribution in [3.63, 3.8) is 0 Å². The van der Waals surface area contributed by atoms with E-state index < -0.39 is 92.3 Å². The first-order valence-electron chi connectivity index (χ1n) is 25.2. The summed E-state index contributed by atoms with van der Waals surface area (Å²) in [6.45, 7) is 8.96. The van der Waals surface area contributed by atoms with Crippen molar-refractivity contribution in [1.29, 1.82) is 0 Å². The van der Waals surface area contributed by atoms with Gasteiger partial charge in [0.1, 0.15) is 58.6 Å². The maximum absolute atomic E-state index is 14.6. The minimum absolute atomic E-state index is 0.0473. The van der Waals surface area contributed by atoms with Gasteiger partial charge in [-0.25, -0.2) is 26.6 Å². The number of sulfonamides is 1. The molecule has 25 heteroatoms. The van der Waals surface area contributed by atoms with Crippen molar-refractivity contribution in [3.05, 3.63) is 102 Å². The molecule has 0 bridgehead atoms. The zero-order valence-corrected chi connectivity index (χ0v) is 44.9. The average Bonchev–Trinajstić information content (AvgIpc) is 4.24. The van der Waals surface area contributed by atoms with Crippen LogP contribution in [0.1, 0.15) is 84.8 Å². The van der Waals surface area contributed by atoms with Gasteiger partial charge in [0.15, 0.2) is 0 Å². The molecule has 78 heavy (non-hydrogen) atoms. The average molecular weight is 1110 g/mol. The van der Waals surface area contributed by atoms with Crippen LogP contribution in [0.5, 0.6) is 5.75 Å². The number of hydrogen-bond donors (Lipinski definition) is 6. The molecule has 1 aliphatic rings. The van der Waals surface area contributed by atoms with Crippen LogP contribution >= 0.6 is 0 Å². The van der Waals surface area contributed by atoms with Crippen LogP contribution in [0.3, 0.4) is 0 Å². The largest absolute Gasteiger partial charge is 0.484 e.